The highest BCUT2D eigenvalue weighted by molar-refractivity contribution is 8.45. The van der Waals surface area contributed by atoms with Crippen molar-refractivity contribution in [1.82, 2.24) is 15.2 Å². The predicted octanol–water partition coefficient (Wildman–Crippen LogP) is 7.92. The lowest BCUT2D eigenvalue weighted by molar-refractivity contribution is -0.145. The number of halogens is 7. The van der Waals surface area contributed by atoms with E-state index >= 15 is 0 Å². The summed E-state index contributed by atoms with van der Waals surface area (Å²) < 4.78 is 107. The lowest BCUT2D eigenvalue weighted by atomic mass is 9.91. The Balaban J connectivity index is 1.84. The number of hydrogen-bond acceptors (Lipinski definition) is 6. The van der Waals surface area contributed by atoms with Gasteiger partial charge in [-0.25, -0.2) is 13.6 Å². The first kappa shape index (κ1) is 37.2. The van der Waals surface area contributed by atoms with Crippen molar-refractivity contribution in [3.05, 3.63) is 54.4 Å². The van der Waals surface area contributed by atoms with Crippen LogP contribution in [0, 0.1) is 0 Å². The summed E-state index contributed by atoms with van der Waals surface area (Å²) in [4.78, 5) is 45.7. The van der Waals surface area contributed by atoms with Crippen LogP contribution in [0.4, 0.5) is 38.7 Å². The molecule has 2 aromatic rings. The lowest BCUT2D eigenvalue weighted by Gasteiger charge is -2.45. The number of hydrogen-bond donors (Lipinski definition) is 1. The Morgan fingerprint density at radius 3 is 2.17 bits per heavy atom. The fourth-order valence-electron chi connectivity index (χ4n) is 5.53. The van der Waals surface area contributed by atoms with Crippen LogP contribution in [0.1, 0.15) is 71.9 Å². The molecular formula is C31H39F7N4O5S. The Labute approximate surface area is 273 Å². The topological polar surface area (TPSA) is 101 Å². The van der Waals surface area contributed by atoms with Crippen molar-refractivity contribution in [3.8, 4) is 0 Å². The second-order valence-electron chi connectivity index (χ2n) is 13.7. The number of benzene rings is 1. The van der Waals surface area contributed by atoms with Gasteiger partial charge in [-0.3, -0.25) is 24.4 Å². The summed E-state index contributed by atoms with van der Waals surface area (Å²) in [5.41, 5.74) is -2.31. The van der Waals surface area contributed by atoms with Crippen molar-refractivity contribution in [2.45, 2.75) is 100 Å². The zero-order chi connectivity index (χ0) is 36.0. The molecule has 1 aliphatic carbocycles. The van der Waals surface area contributed by atoms with Crippen molar-refractivity contribution in [3.63, 3.8) is 0 Å². The summed E-state index contributed by atoms with van der Waals surface area (Å²) in [6, 6.07) is 0.342. The molecule has 17 heteroatoms. The highest BCUT2D eigenvalue weighted by atomic mass is 32.5. The van der Waals surface area contributed by atoms with Gasteiger partial charge in [-0.05, 0) is 77.8 Å². The molecule has 2 aliphatic rings. The van der Waals surface area contributed by atoms with Gasteiger partial charge in [0.1, 0.15) is 22.6 Å². The average Bonchev–Trinajstić information content (AvgIpc) is 2.94. The van der Waals surface area contributed by atoms with Gasteiger partial charge in [-0.2, -0.15) is 0 Å². The third-order valence-electron chi connectivity index (χ3n) is 7.84. The van der Waals surface area contributed by atoms with E-state index in [0.29, 0.717) is 12.1 Å². The molecular weight excluding hydrogens is 673 g/mol. The average molecular weight is 713 g/mol. The molecule has 1 unspecified atom stereocenters. The molecule has 1 saturated carbocycles. The van der Waals surface area contributed by atoms with Crippen molar-refractivity contribution < 1.29 is 52.1 Å². The maximum atomic E-state index is 14.6. The van der Waals surface area contributed by atoms with Crippen LogP contribution in [0.5, 0.6) is 0 Å². The van der Waals surface area contributed by atoms with Crippen LogP contribution in [0.3, 0.4) is 0 Å². The summed E-state index contributed by atoms with van der Waals surface area (Å²) in [6.45, 7) is 7.51. The molecule has 1 aromatic carbocycles. The third kappa shape index (κ3) is 9.30. The first-order valence-corrected chi connectivity index (χ1v) is 17.1. The highest BCUT2D eigenvalue weighted by Crippen LogP contribution is 3.02. The Morgan fingerprint density at radius 1 is 1.04 bits per heavy atom. The van der Waals surface area contributed by atoms with Gasteiger partial charge in [0.05, 0.1) is 18.8 Å². The Kier molecular flexibility index (Phi) is 9.36. The van der Waals surface area contributed by atoms with Gasteiger partial charge in [0.25, 0.3) is 5.91 Å². The van der Waals surface area contributed by atoms with Crippen molar-refractivity contribution in [2.75, 3.05) is 18.1 Å². The van der Waals surface area contributed by atoms with E-state index in [9.17, 15) is 42.6 Å². The van der Waals surface area contributed by atoms with E-state index in [-0.39, 0.29) is 37.1 Å². The number of anilines is 1. The number of carbonyl (C=O) groups is 3. The molecule has 0 spiro atoms. The highest BCUT2D eigenvalue weighted by Gasteiger charge is 2.65. The van der Waals surface area contributed by atoms with Crippen LogP contribution >= 0.6 is 10.2 Å². The molecule has 3 amide bonds. The largest absolute Gasteiger partial charge is 0.444 e. The minimum atomic E-state index is -10.1. The monoisotopic (exact) mass is 712 g/mol. The van der Waals surface area contributed by atoms with E-state index in [0.717, 1.165) is 9.80 Å². The molecule has 1 aliphatic heterocycles. The number of alkyl halides is 2. The molecule has 1 aromatic heterocycles. The van der Waals surface area contributed by atoms with Gasteiger partial charge in [-0.1, -0.05) is 25.5 Å². The van der Waals surface area contributed by atoms with Gasteiger partial charge in [-0.15, -0.1) is 0 Å². The molecule has 2 heterocycles. The summed E-state index contributed by atoms with van der Waals surface area (Å²) in [5.74, 6) is -4.84. The number of carbonyl (C=O) groups excluding carboxylic acids is 3. The number of ether oxygens (including phenoxy) is 2. The Morgan fingerprint density at radius 2 is 1.65 bits per heavy atom. The number of nitrogens with one attached hydrogen (secondary N) is 1. The first-order valence-electron chi connectivity index (χ1n) is 15.1. The molecule has 9 nitrogen and oxygen atoms in total. The molecule has 1 N–H and O–H groups in total. The van der Waals surface area contributed by atoms with E-state index in [1.807, 2.05) is 0 Å². The minimum Gasteiger partial charge on any atom is -0.444 e. The third-order valence-corrected chi connectivity index (χ3v) is 9.00. The number of pyridine rings is 1. The van der Waals surface area contributed by atoms with Crippen molar-refractivity contribution in [1.29, 1.82) is 0 Å². The van der Waals surface area contributed by atoms with E-state index in [1.54, 1.807) is 34.6 Å². The Bertz CT molecular complexity index is 1510. The fourth-order valence-corrected chi connectivity index (χ4v) is 6.18. The predicted molar refractivity (Wildman–Crippen MR) is 164 cm³/mol. The van der Waals surface area contributed by atoms with Crippen molar-refractivity contribution in [2.24, 2.45) is 0 Å². The molecule has 0 radical (unpaired) electrons. The van der Waals surface area contributed by atoms with Crippen LogP contribution in [-0.4, -0.2) is 70.2 Å². The molecule has 2 fully saturated rings. The molecule has 48 heavy (non-hydrogen) atoms. The molecule has 2 atom stereocenters. The number of amides is 3. The maximum Gasteiger partial charge on any atom is 0.411 e. The van der Waals surface area contributed by atoms with Gasteiger partial charge >= 0.3 is 16.3 Å². The molecule has 4 rings (SSSR count). The van der Waals surface area contributed by atoms with E-state index < -0.39 is 93.4 Å². The minimum absolute atomic E-state index is 0.0576. The number of aromatic nitrogens is 1. The molecule has 268 valence electrons. The zero-order valence-corrected chi connectivity index (χ0v) is 27.8. The summed E-state index contributed by atoms with van der Waals surface area (Å²) in [7, 11) is -10.1. The summed E-state index contributed by atoms with van der Waals surface area (Å²) in [6.07, 6.45) is 0.459. The van der Waals surface area contributed by atoms with E-state index in [2.05, 4.69) is 10.3 Å². The smallest absolute Gasteiger partial charge is 0.411 e. The van der Waals surface area contributed by atoms with E-state index in [4.69, 9.17) is 9.47 Å². The molecule has 1 saturated heterocycles. The van der Waals surface area contributed by atoms with Gasteiger partial charge in [0.15, 0.2) is 0 Å². The van der Waals surface area contributed by atoms with Crippen LogP contribution in [0.25, 0.3) is 0 Å². The van der Waals surface area contributed by atoms with Gasteiger partial charge in [0.2, 0.25) is 11.8 Å². The number of morpholine rings is 1. The van der Waals surface area contributed by atoms with Crippen LogP contribution in [0.15, 0.2) is 53.7 Å². The number of nitrogens with zero attached hydrogens (tertiary/aromatic N) is 3. The first-order chi connectivity index (χ1) is 21.8. The van der Waals surface area contributed by atoms with Crippen LogP contribution < -0.4 is 10.2 Å². The quantitative estimate of drug-likeness (QED) is 0.293. The maximum absolute atomic E-state index is 14.6. The van der Waals surface area contributed by atoms with Gasteiger partial charge in [0, 0.05) is 42.5 Å². The zero-order valence-electron chi connectivity index (χ0n) is 27.0. The van der Waals surface area contributed by atoms with E-state index in [1.165, 1.54) is 24.5 Å². The van der Waals surface area contributed by atoms with Crippen LogP contribution in [-0.2, 0) is 19.1 Å². The Hall–Kier alpha value is -3.60. The SMILES string of the molecule is CC(C)(C)OC(=O)N1CC(C)(C)OC[C@@H]1C(=O)N(c1ccc(S(F)(F)(F)(F)F)cc1)C(C(=O)NC1CCC(F)(F)CC1)c1cccnc1. The number of rotatable bonds is 7. The lowest BCUT2D eigenvalue weighted by Crippen LogP contribution is -2.63. The standard InChI is InChI=1S/C31H39F7N4O5S/c1-29(2,3)47-28(45)41-19-30(4,5)46-18-24(41)27(44)42(22-8-10-23(11-9-22)48(34,35,36,37)38)25(20-7-6-16-39-17-20)26(43)40-21-12-14-31(32,33)15-13-21/h6-11,16-17,21,24-25H,12-15,18-19H2,1-5H3,(H,40,43)/t24-,25?/m1/s1. The second-order valence-corrected chi connectivity index (χ2v) is 16.1. The molecule has 0 bridgehead atoms. The second kappa shape index (κ2) is 12.1. The summed E-state index contributed by atoms with van der Waals surface area (Å²) >= 11 is 0. The van der Waals surface area contributed by atoms with Crippen LogP contribution in [0.2, 0.25) is 0 Å². The normalized spacial score (nSPS) is 22.1. The fraction of sp³-hybridized carbons (Fsp3) is 0.548. The summed E-state index contributed by atoms with van der Waals surface area (Å²) in [5, 5.41) is 2.66. The van der Waals surface area contributed by atoms with Crippen molar-refractivity contribution >= 4 is 33.8 Å². The van der Waals surface area contributed by atoms with Gasteiger partial charge < -0.3 is 14.8 Å².